The minimum atomic E-state index is 0.156. The molecule has 0 unspecified atom stereocenters. The number of benzene rings is 1. The number of nitrogens with zero attached hydrogens (tertiary/aromatic N) is 2. The monoisotopic (exact) mass is 253 g/mol. The molecular weight excluding hydrogens is 234 g/mol. The Morgan fingerprint density at radius 3 is 2.37 bits per heavy atom. The van der Waals surface area contributed by atoms with Crippen LogP contribution in [0.5, 0.6) is 0 Å². The first-order valence-electron chi connectivity index (χ1n) is 6.45. The Hall–Kier alpha value is -2.08. The van der Waals surface area contributed by atoms with Crippen LogP contribution in [-0.2, 0) is 11.8 Å². The first kappa shape index (κ1) is 13.4. The third kappa shape index (κ3) is 2.85. The third-order valence-electron chi connectivity index (χ3n) is 3.26. The van der Waals surface area contributed by atoms with Crippen LogP contribution < -0.4 is 0 Å². The van der Waals surface area contributed by atoms with Gasteiger partial charge in [0.25, 0.3) is 0 Å². The summed E-state index contributed by atoms with van der Waals surface area (Å²) in [4.78, 5) is 7.73. The average Bonchev–Trinajstić information content (AvgIpc) is 2.71. The van der Waals surface area contributed by atoms with Crippen molar-refractivity contribution in [1.82, 2.24) is 9.97 Å². The molecule has 0 saturated heterocycles. The van der Waals surface area contributed by atoms with Gasteiger partial charge in [0.2, 0.25) is 0 Å². The zero-order valence-electron chi connectivity index (χ0n) is 11.9. The van der Waals surface area contributed by atoms with Gasteiger partial charge in [0.05, 0.1) is 18.2 Å². The Morgan fingerprint density at radius 1 is 1.21 bits per heavy atom. The molecule has 3 heteroatoms. The molecule has 2 aromatic rings. The molecule has 0 fully saturated rings. The standard InChI is InChI=1S/C16H19N3/c1-11-14(9-10-17)19-15(18-11)12-5-7-13(8-6-12)16(2,3)4/h5-8H,9H2,1-4H3,(H,18,19). The van der Waals surface area contributed by atoms with Crippen LogP contribution in [0.1, 0.15) is 37.7 Å². The first-order chi connectivity index (χ1) is 8.91. The van der Waals surface area contributed by atoms with Crippen LogP contribution >= 0.6 is 0 Å². The fraction of sp³-hybridized carbons (Fsp3) is 0.375. The van der Waals surface area contributed by atoms with Crippen molar-refractivity contribution in [3.63, 3.8) is 0 Å². The van der Waals surface area contributed by atoms with Crippen molar-refractivity contribution in [2.45, 2.75) is 39.5 Å². The highest BCUT2D eigenvalue weighted by Gasteiger charge is 2.14. The molecule has 0 spiro atoms. The minimum absolute atomic E-state index is 0.156. The summed E-state index contributed by atoms with van der Waals surface area (Å²) in [6, 6.07) is 10.6. The van der Waals surface area contributed by atoms with E-state index < -0.39 is 0 Å². The van der Waals surface area contributed by atoms with E-state index in [-0.39, 0.29) is 5.41 Å². The van der Waals surface area contributed by atoms with E-state index in [2.05, 4.69) is 61.1 Å². The summed E-state index contributed by atoms with van der Waals surface area (Å²) >= 11 is 0. The number of rotatable bonds is 2. The predicted octanol–water partition coefficient (Wildman–Crippen LogP) is 3.75. The molecule has 0 atom stereocenters. The fourth-order valence-electron chi connectivity index (χ4n) is 2.01. The van der Waals surface area contributed by atoms with Crippen LogP contribution in [0.15, 0.2) is 24.3 Å². The van der Waals surface area contributed by atoms with Crippen molar-refractivity contribution in [2.24, 2.45) is 0 Å². The number of hydrogen-bond donors (Lipinski definition) is 1. The molecule has 1 aromatic carbocycles. The molecule has 98 valence electrons. The molecule has 1 heterocycles. The molecule has 0 amide bonds. The van der Waals surface area contributed by atoms with Crippen molar-refractivity contribution < 1.29 is 0 Å². The maximum atomic E-state index is 8.75. The van der Waals surface area contributed by atoms with Crippen molar-refractivity contribution in [2.75, 3.05) is 0 Å². The highest BCUT2D eigenvalue weighted by Crippen LogP contribution is 2.25. The van der Waals surface area contributed by atoms with Gasteiger partial charge in [-0.2, -0.15) is 5.26 Å². The number of aromatic nitrogens is 2. The van der Waals surface area contributed by atoms with E-state index in [9.17, 15) is 0 Å². The molecule has 3 nitrogen and oxygen atoms in total. The SMILES string of the molecule is Cc1[nH]c(-c2ccc(C(C)(C)C)cc2)nc1CC#N. The molecule has 0 bridgehead atoms. The molecule has 0 aliphatic rings. The summed E-state index contributed by atoms with van der Waals surface area (Å²) in [5, 5.41) is 8.75. The van der Waals surface area contributed by atoms with Gasteiger partial charge in [0, 0.05) is 11.3 Å². The number of H-pyrrole nitrogens is 1. The number of aromatic amines is 1. The van der Waals surface area contributed by atoms with Crippen molar-refractivity contribution >= 4 is 0 Å². The summed E-state index contributed by atoms with van der Waals surface area (Å²) in [6.07, 6.45) is 0.350. The lowest BCUT2D eigenvalue weighted by Gasteiger charge is -2.18. The van der Waals surface area contributed by atoms with E-state index in [0.29, 0.717) is 6.42 Å². The molecular formula is C16H19N3. The van der Waals surface area contributed by atoms with Gasteiger partial charge in [-0.1, -0.05) is 45.0 Å². The number of nitriles is 1. The van der Waals surface area contributed by atoms with Crippen LogP contribution in [0.4, 0.5) is 0 Å². The second kappa shape index (κ2) is 4.89. The lowest BCUT2D eigenvalue weighted by atomic mass is 9.87. The van der Waals surface area contributed by atoms with Gasteiger partial charge in [0.15, 0.2) is 0 Å². The van der Waals surface area contributed by atoms with Gasteiger partial charge in [-0.05, 0) is 17.9 Å². The zero-order chi connectivity index (χ0) is 14.0. The summed E-state index contributed by atoms with van der Waals surface area (Å²) in [5.41, 5.74) is 4.31. The van der Waals surface area contributed by atoms with Gasteiger partial charge in [-0.25, -0.2) is 4.98 Å². The smallest absolute Gasteiger partial charge is 0.137 e. The molecule has 0 radical (unpaired) electrons. The summed E-state index contributed by atoms with van der Waals surface area (Å²) in [7, 11) is 0. The summed E-state index contributed by atoms with van der Waals surface area (Å²) in [5.74, 6) is 0.836. The second-order valence-corrected chi connectivity index (χ2v) is 5.82. The normalized spacial score (nSPS) is 11.3. The van der Waals surface area contributed by atoms with Gasteiger partial charge < -0.3 is 4.98 Å². The van der Waals surface area contributed by atoms with E-state index in [1.807, 2.05) is 6.92 Å². The molecule has 1 N–H and O–H groups in total. The van der Waals surface area contributed by atoms with Gasteiger partial charge in [-0.15, -0.1) is 0 Å². The van der Waals surface area contributed by atoms with E-state index in [4.69, 9.17) is 5.26 Å². The second-order valence-electron chi connectivity index (χ2n) is 5.82. The topological polar surface area (TPSA) is 52.5 Å². The van der Waals surface area contributed by atoms with Crippen LogP contribution in [0.3, 0.4) is 0 Å². The molecule has 0 aliphatic heterocycles. The zero-order valence-corrected chi connectivity index (χ0v) is 11.9. The maximum absolute atomic E-state index is 8.75. The summed E-state index contributed by atoms with van der Waals surface area (Å²) in [6.45, 7) is 8.55. The third-order valence-corrected chi connectivity index (χ3v) is 3.26. The molecule has 19 heavy (non-hydrogen) atoms. The van der Waals surface area contributed by atoms with E-state index in [0.717, 1.165) is 22.8 Å². The van der Waals surface area contributed by atoms with Crippen molar-refractivity contribution in [1.29, 1.82) is 5.26 Å². The Morgan fingerprint density at radius 2 is 1.84 bits per heavy atom. The van der Waals surface area contributed by atoms with E-state index in [1.54, 1.807) is 0 Å². The van der Waals surface area contributed by atoms with Crippen molar-refractivity contribution in [3.05, 3.63) is 41.2 Å². The number of hydrogen-bond acceptors (Lipinski definition) is 2. The predicted molar refractivity (Wildman–Crippen MR) is 76.8 cm³/mol. The van der Waals surface area contributed by atoms with Crippen LogP contribution in [-0.4, -0.2) is 9.97 Å². The quantitative estimate of drug-likeness (QED) is 0.886. The van der Waals surface area contributed by atoms with Crippen LogP contribution in [0.25, 0.3) is 11.4 Å². The number of nitrogens with one attached hydrogen (secondary N) is 1. The van der Waals surface area contributed by atoms with Gasteiger partial charge in [0.1, 0.15) is 5.82 Å². The largest absolute Gasteiger partial charge is 0.342 e. The van der Waals surface area contributed by atoms with Gasteiger partial charge in [-0.3, -0.25) is 0 Å². The van der Waals surface area contributed by atoms with E-state index >= 15 is 0 Å². The van der Waals surface area contributed by atoms with Crippen LogP contribution in [0.2, 0.25) is 0 Å². The first-order valence-corrected chi connectivity index (χ1v) is 6.45. The molecule has 0 saturated carbocycles. The van der Waals surface area contributed by atoms with Crippen LogP contribution in [0, 0.1) is 18.3 Å². The Kier molecular flexibility index (Phi) is 3.44. The van der Waals surface area contributed by atoms with Crippen molar-refractivity contribution in [3.8, 4) is 17.5 Å². The highest BCUT2D eigenvalue weighted by molar-refractivity contribution is 5.57. The molecule has 1 aromatic heterocycles. The maximum Gasteiger partial charge on any atom is 0.137 e. The number of aryl methyl sites for hydroxylation is 1. The summed E-state index contributed by atoms with van der Waals surface area (Å²) < 4.78 is 0. The Balaban J connectivity index is 2.33. The lowest BCUT2D eigenvalue weighted by molar-refractivity contribution is 0.590. The van der Waals surface area contributed by atoms with E-state index in [1.165, 1.54) is 5.56 Å². The lowest BCUT2D eigenvalue weighted by Crippen LogP contribution is -2.10. The number of imidazole rings is 1. The Labute approximate surface area is 114 Å². The molecule has 2 rings (SSSR count). The van der Waals surface area contributed by atoms with Gasteiger partial charge >= 0.3 is 0 Å². The Bertz CT molecular complexity index is 607. The minimum Gasteiger partial charge on any atom is -0.342 e. The molecule has 0 aliphatic carbocycles. The fourth-order valence-corrected chi connectivity index (χ4v) is 2.01. The average molecular weight is 253 g/mol. The highest BCUT2D eigenvalue weighted by atomic mass is 14.9.